The summed E-state index contributed by atoms with van der Waals surface area (Å²) >= 11 is 1.64. The number of rotatable bonds is 3. The van der Waals surface area contributed by atoms with Gasteiger partial charge < -0.3 is 13.9 Å². The topological polar surface area (TPSA) is 55.2 Å². The number of anilines is 1. The summed E-state index contributed by atoms with van der Waals surface area (Å²) in [7, 11) is 0. The number of ether oxygens (including phenoxy) is 2. The smallest absolute Gasteiger partial charge is 0.253 e. The Morgan fingerprint density at radius 1 is 1.19 bits per heavy atom. The van der Waals surface area contributed by atoms with Gasteiger partial charge in [0.1, 0.15) is 23.7 Å². The van der Waals surface area contributed by atoms with Crippen LogP contribution in [0.5, 0.6) is 0 Å². The molecular formula is C19H24N2O4S. The molecule has 0 aliphatic carbocycles. The molecule has 6 nitrogen and oxygen atoms in total. The Labute approximate surface area is 157 Å². The number of amides is 1. The molecule has 2 saturated heterocycles. The molecule has 140 valence electrons. The van der Waals surface area contributed by atoms with Gasteiger partial charge in [-0.05, 0) is 38.1 Å². The van der Waals surface area contributed by atoms with Crippen LogP contribution in [0.15, 0.2) is 28.7 Å². The Balaban J connectivity index is 1.52. The lowest BCUT2D eigenvalue weighted by atomic mass is 10.0. The van der Waals surface area contributed by atoms with E-state index in [2.05, 4.69) is 11.8 Å². The predicted octanol–water partition coefficient (Wildman–Crippen LogP) is 2.59. The lowest BCUT2D eigenvalue weighted by Gasteiger charge is -2.42. The molecule has 4 heterocycles. The normalized spacial score (nSPS) is 25.0. The number of aryl methyl sites for hydroxylation is 2. The van der Waals surface area contributed by atoms with Crippen molar-refractivity contribution in [1.82, 2.24) is 4.90 Å². The van der Waals surface area contributed by atoms with Crippen LogP contribution in [-0.4, -0.2) is 55.9 Å². The molecule has 0 bridgehead atoms. The minimum Gasteiger partial charge on any atom is -0.465 e. The molecule has 4 rings (SSSR count). The van der Waals surface area contributed by atoms with Crippen LogP contribution in [0.2, 0.25) is 0 Å². The number of hydrogen-bond donors (Lipinski definition) is 0. The van der Waals surface area contributed by atoms with E-state index >= 15 is 0 Å². The highest BCUT2D eigenvalue weighted by Crippen LogP contribution is 2.32. The molecule has 2 aromatic heterocycles. The zero-order valence-corrected chi connectivity index (χ0v) is 16.0. The summed E-state index contributed by atoms with van der Waals surface area (Å²) in [5, 5.41) is 0.979. The SMILES string of the molecule is Cc1ccc(CN2CCOCC3(C2)CN(c2ccc(C)s2)C(=O)CO3)o1. The van der Waals surface area contributed by atoms with Crippen LogP contribution in [0.1, 0.15) is 16.4 Å². The van der Waals surface area contributed by atoms with E-state index in [0.29, 0.717) is 32.8 Å². The average Bonchev–Trinajstić information content (AvgIpc) is 3.16. The molecule has 2 fully saturated rings. The molecule has 26 heavy (non-hydrogen) atoms. The zero-order chi connectivity index (χ0) is 18.1. The van der Waals surface area contributed by atoms with E-state index in [0.717, 1.165) is 23.1 Å². The van der Waals surface area contributed by atoms with Crippen LogP contribution < -0.4 is 4.90 Å². The van der Waals surface area contributed by atoms with Gasteiger partial charge in [-0.15, -0.1) is 11.3 Å². The summed E-state index contributed by atoms with van der Waals surface area (Å²) in [5.74, 6) is 1.87. The van der Waals surface area contributed by atoms with E-state index < -0.39 is 5.60 Å². The molecule has 0 aromatic carbocycles. The van der Waals surface area contributed by atoms with Gasteiger partial charge in [0, 0.05) is 18.0 Å². The Hall–Kier alpha value is -1.67. The number of thiophene rings is 1. The molecule has 2 aliphatic rings. The maximum absolute atomic E-state index is 12.4. The molecule has 0 radical (unpaired) electrons. The Morgan fingerprint density at radius 2 is 2.08 bits per heavy atom. The zero-order valence-electron chi connectivity index (χ0n) is 15.2. The molecule has 2 aliphatic heterocycles. The molecule has 1 atom stereocenters. The molecule has 0 saturated carbocycles. The highest BCUT2D eigenvalue weighted by Gasteiger charge is 2.43. The van der Waals surface area contributed by atoms with Crippen molar-refractivity contribution in [3.63, 3.8) is 0 Å². The van der Waals surface area contributed by atoms with Gasteiger partial charge in [-0.1, -0.05) is 0 Å². The maximum Gasteiger partial charge on any atom is 0.253 e. The largest absolute Gasteiger partial charge is 0.465 e. The Bertz CT molecular complexity index is 786. The number of furan rings is 1. The second kappa shape index (κ2) is 7.15. The standard InChI is InChI=1S/C19H24N2O4S/c1-14-3-5-16(25-14)9-20-7-8-23-13-19(11-20)12-21(17(22)10-24-19)18-6-4-15(2)26-18/h3-6H,7-13H2,1-2H3. The summed E-state index contributed by atoms with van der Waals surface area (Å²) in [6.45, 7) is 8.00. The molecular weight excluding hydrogens is 352 g/mol. The van der Waals surface area contributed by atoms with Crippen LogP contribution in [0.3, 0.4) is 0 Å². The van der Waals surface area contributed by atoms with E-state index in [4.69, 9.17) is 13.9 Å². The lowest BCUT2D eigenvalue weighted by Crippen LogP contribution is -2.60. The van der Waals surface area contributed by atoms with Crippen LogP contribution in [-0.2, 0) is 20.8 Å². The van der Waals surface area contributed by atoms with Gasteiger partial charge in [0.05, 0.1) is 31.3 Å². The summed E-state index contributed by atoms with van der Waals surface area (Å²) < 4.78 is 17.6. The van der Waals surface area contributed by atoms with Crippen molar-refractivity contribution in [1.29, 1.82) is 0 Å². The van der Waals surface area contributed by atoms with E-state index in [9.17, 15) is 4.79 Å². The predicted molar refractivity (Wildman–Crippen MR) is 99.6 cm³/mol. The number of carbonyl (C=O) groups excluding carboxylic acids is 1. The van der Waals surface area contributed by atoms with E-state index in [1.165, 1.54) is 4.88 Å². The van der Waals surface area contributed by atoms with E-state index in [1.54, 1.807) is 11.3 Å². The molecule has 0 N–H and O–H groups in total. The fourth-order valence-corrected chi connectivity index (χ4v) is 4.45. The first kappa shape index (κ1) is 17.7. The van der Waals surface area contributed by atoms with Crippen LogP contribution in [0.25, 0.3) is 0 Å². The number of hydrogen-bond acceptors (Lipinski definition) is 6. The Morgan fingerprint density at radius 3 is 2.81 bits per heavy atom. The summed E-state index contributed by atoms with van der Waals surface area (Å²) in [6, 6.07) is 8.05. The van der Waals surface area contributed by atoms with Crippen LogP contribution >= 0.6 is 11.3 Å². The molecule has 7 heteroatoms. The van der Waals surface area contributed by atoms with Gasteiger partial charge in [0.2, 0.25) is 0 Å². The fourth-order valence-electron chi connectivity index (χ4n) is 3.57. The lowest BCUT2D eigenvalue weighted by molar-refractivity contribution is -0.146. The van der Waals surface area contributed by atoms with Crippen molar-refractivity contribution in [2.45, 2.75) is 26.0 Å². The minimum atomic E-state index is -0.510. The highest BCUT2D eigenvalue weighted by atomic mass is 32.1. The number of carbonyl (C=O) groups is 1. The fraction of sp³-hybridized carbons (Fsp3) is 0.526. The van der Waals surface area contributed by atoms with Gasteiger partial charge in [0.15, 0.2) is 0 Å². The minimum absolute atomic E-state index is 0.00920. The third-order valence-corrected chi connectivity index (χ3v) is 5.87. The first-order chi connectivity index (χ1) is 12.5. The first-order valence-electron chi connectivity index (χ1n) is 8.89. The van der Waals surface area contributed by atoms with Gasteiger partial charge in [-0.25, -0.2) is 0 Å². The quantitative estimate of drug-likeness (QED) is 0.824. The third kappa shape index (κ3) is 3.71. The molecule has 1 amide bonds. The summed E-state index contributed by atoms with van der Waals surface area (Å²) in [5.41, 5.74) is -0.510. The average molecular weight is 376 g/mol. The second-order valence-corrected chi connectivity index (χ2v) is 8.38. The van der Waals surface area contributed by atoms with Crippen LogP contribution in [0.4, 0.5) is 5.00 Å². The number of morpholine rings is 1. The van der Waals surface area contributed by atoms with Crippen molar-refractivity contribution < 1.29 is 18.7 Å². The highest BCUT2D eigenvalue weighted by molar-refractivity contribution is 7.16. The third-order valence-electron chi connectivity index (χ3n) is 4.85. The maximum atomic E-state index is 12.4. The van der Waals surface area contributed by atoms with E-state index in [-0.39, 0.29) is 12.5 Å². The van der Waals surface area contributed by atoms with Gasteiger partial charge in [-0.2, -0.15) is 0 Å². The molecule has 1 unspecified atom stereocenters. The van der Waals surface area contributed by atoms with Crippen molar-refractivity contribution in [3.8, 4) is 0 Å². The van der Waals surface area contributed by atoms with Crippen LogP contribution in [0, 0.1) is 13.8 Å². The van der Waals surface area contributed by atoms with Crippen molar-refractivity contribution in [2.75, 3.05) is 44.4 Å². The van der Waals surface area contributed by atoms with Crippen molar-refractivity contribution in [2.24, 2.45) is 0 Å². The second-order valence-electron chi connectivity index (χ2n) is 7.11. The van der Waals surface area contributed by atoms with Gasteiger partial charge >= 0.3 is 0 Å². The van der Waals surface area contributed by atoms with Gasteiger partial charge in [0.25, 0.3) is 5.91 Å². The number of nitrogens with zero attached hydrogens (tertiary/aromatic N) is 2. The van der Waals surface area contributed by atoms with Crippen molar-refractivity contribution >= 4 is 22.2 Å². The monoisotopic (exact) mass is 376 g/mol. The molecule has 1 spiro atoms. The molecule has 2 aromatic rings. The Kier molecular flexibility index (Phi) is 4.88. The summed E-state index contributed by atoms with van der Waals surface area (Å²) in [4.78, 5) is 17.8. The summed E-state index contributed by atoms with van der Waals surface area (Å²) in [6.07, 6.45) is 0. The van der Waals surface area contributed by atoms with E-state index in [1.807, 2.05) is 36.1 Å². The van der Waals surface area contributed by atoms with Crippen molar-refractivity contribution in [3.05, 3.63) is 40.7 Å². The van der Waals surface area contributed by atoms with Gasteiger partial charge in [-0.3, -0.25) is 14.6 Å². The first-order valence-corrected chi connectivity index (χ1v) is 9.71.